The Labute approximate surface area is 60.5 Å². The first kappa shape index (κ1) is 7.15. The Balaban J connectivity index is 2.72. The van der Waals surface area contributed by atoms with Crippen LogP contribution in [-0.2, 0) is 4.84 Å². The molecule has 0 aromatic heterocycles. The summed E-state index contributed by atoms with van der Waals surface area (Å²) in [5, 5.41) is 3.13. The maximum absolute atomic E-state index is 5.02. The van der Waals surface area contributed by atoms with Crippen molar-refractivity contribution in [1.82, 2.24) is 5.32 Å². The maximum Gasteiger partial charge on any atom is 0.146 e. The molecule has 0 saturated heterocycles. The summed E-state index contributed by atoms with van der Waals surface area (Å²) in [5.41, 5.74) is 0.925. The molecule has 0 fully saturated rings. The van der Waals surface area contributed by atoms with Crippen LogP contribution in [-0.4, -0.2) is 6.54 Å². The van der Waals surface area contributed by atoms with Crippen LogP contribution in [0, 0.1) is 0 Å². The van der Waals surface area contributed by atoms with Crippen LogP contribution in [0.4, 0.5) is 0 Å². The van der Waals surface area contributed by atoms with Crippen LogP contribution < -0.4 is 11.2 Å². The van der Waals surface area contributed by atoms with Crippen molar-refractivity contribution in [3.8, 4) is 0 Å². The zero-order chi connectivity index (χ0) is 7.40. The predicted octanol–water partition coefficient (Wildman–Crippen LogP) is 0.658. The van der Waals surface area contributed by atoms with Crippen molar-refractivity contribution in [3.63, 3.8) is 0 Å². The first-order chi connectivity index (χ1) is 4.88. The van der Waals surface area contributed by atoms with Crippen LogP contribution in [0.1, 0.15) is 12.8 Å². The number of hydrogen-bond acceptors (Lipinski definition) is 3. The van der Waals surface area contributed by atoms with Crippen molar-refractivity contribution in [3.05, 3.63) is 24.1 Å². The molecule has 56 valence electrons. The molecule has 0 spiro atoms. The average Bonchev–Trinajstić information content (AvgIpc) is 2.04. The maximum atomic E-state index is 5.02. The molecule has 3 N–H and O–H groups in total. The highest BCUT2D eigenvalue weighted by Crippen LogP contribution is 2.13. The minimum atomic E-state index is 0.807. The van der Waals surface area contributed by atoms with Gasteiger partial charge in [-0.2, -0.15) is 5.90 Å². The van der Waals surface area contributed by atoms with Crippen LogP contribution in [0.25, 0.3) is 0 Å². The van der Waals surface area contributed by atoms with Gasteiger partial charge in [0.25, 0.3) is 0 Å². The normalized spacial score (nSPS) is 18.1. The molecular weight excluding hydrogens is 128 g/mol. The lowest BCUT2D eigenvalue weighted by Crippen LogP contribution is -2.22. The third-order valence-corrected chi connectivity index (χ3v) is 1.54. The van der Waals surface area contributed by atoms with Crippen molar-refractivity contribution in [2.75, 3.05) is 6.54 Å². The fourth-order valence-corrected chi connectivity index (χ4v) is 1.01. The Morgan fingerprint density at radius 1 is 1.70 bits per heavy atom. The highest BCUT2D eigenvalue weighted by atomic mass is 16.6. The number of hydrogen-bond donors (Lipinski definition) is 2. The van der Waals surface area contributed by atoms with E-state index >= 15 is 0 Å². The smallest absolute Gasteiger partial charge is 0.146 e. The first-order valence-electron chi connectivity index (χ1n) is 3.34. The van der Waals surface area contributed by atoms with E-state index in [1.165, 1.54) is 0 Å². The molecule has 1 aliphatic rings. The van der Waals surface area contributed by atoms with Crippen molar-refractivity contribution in [2.45, 2.75) is 12.8 Å². The topological polar surface area (TPSA) is 47.3 Å². The monoisotopic (exact) mass is 140 g/mol. The van der Waals surface area contributed by atoms with Gasteiger partial charge in [-0.05, 0) is 12.5 Å². The van der Waals surface area contributed by atoms with Crippen LogP contribution in [0.5, 0.6) is 0 Å². The van der Waals surface area contributed by atoms with Crippen molar-refractivity contribution < 1.29 is 4.84 Å². The first-order valence-corrected chi connectivity index (χ1v) is 3.34. The van der Waals surface area contributed by atoms with Crippen LogP contribution in [0.15, 0.2) is 24.1 Å². The zero-order valence-corrected chi connectivity index (χ0v) is 5.89. The molecule has 0 saturated carbocycles. The Hall–Kier alpha value is -0.960. The lowest BCUT2D eigenvalue weighted by Gasteiger charge is -2.17. The Kier molecular flexibility index (Phi) is 2.34. The van der Waals surface area contributed by atoms with E-state index in [4.69, 9.17) is 5.90 Å². The molecule has 0 aliphatic carbocycles. The lowest BCUT2D eigenvalue weighted by molar-refractivity contribution is 0.198. The minimum absolute atomic E-state index is 0.807. The number of allylic oxidation sites excluding steroid dienone is 2. The van der Waals surface area contributed by atoms with Crippen LogP contribution in [0.2, 0.25) is 0 Å². The highest BCUT2D eigenvalue weighted by molar-refractivity contribution is 5.20. The van der Waals surface area contributed by atoms with E-state index in [9.17, 15) is 0 Å². The average molecular weight is 140 g/mol. The van der Waals surface area contributed by atoms with E-state index in [0.717, 1.165) is 30.8 Å². The molecule has 0 amide bonds. The number of rotatable bonds is 2. The molecular formula is C7H12N2O. The van der Waals surface area contributed by atoms with Crippen LogP contribution in [0.3, 0.4) is 0 Å². The Morgan fingerprint density at radius 2 is 2.50 bits per heavy atom. The van der Waals surface area contributed by atoms with E-state index in [-0.39, 0.29) is 0 Å². The minimum Gasteiger partial charge on any atom is -0.414 e. The van der Waals surface area contributed by atoms with Gasteiger partial charge < -0.3 is 10.2 Å². The molecule has 0 aromatic rings. The standard InChI is InChI=1S/C7H12N2O/c1-2-6-7(10-8)4-3-5-9-6/h2,9H,1,3-5,8H2. The third kappa shape index (κ3) is 1.30. The van der Waals surface area contributed by atoms with E-state index in [0.29, 0.717) is 0 Å². The summed E-state index contributed by atoms with van der Waals surface area (Å²) in [5.74, 6) is 5.83. The molecule has 1 rings (SSSR count). The van der Waals surface area contributed by atoms with Gasteiger partial charge in [-0.25, -0.2) is 0 Å². The van der Waals surface area contributed by atoms with Crippen molar-refractivity contribution in [2.24, 2.45) is 5.90 Å². The molecule has 0 aromatic carbocycles. The fourth-order valence-electron chi connectivity index (χ4n) is 1.01. The van der Waals surface area contributed by atoms with E-state index in [2.05, 4.69) is 16.7 Å². The zero-order valence-electron chi connectivity index (χ0n) is 5.89. The van der Waals surface area contributed by atoms with Gasteiger partial charge in [-0.3, -0.25) is 0 Å². The summed E-state index contributed by atoms with van der Waals surface area (Å²) < 4.78 is 0. The van der Waals surface area contributed by atoms with Crippen molar-refractivity contribution in [1.29, 1.82) is 0 Å². The Morgan fingerprint density at radius 3 is 3.00 bits per heavy atom. The number of nitrogens with two attached hydrogens (primary N) is 1. The molecule has 1 heterocycles. The van der Waals surface area contributed by atoms with Crippen LogP contribution >= 0.6 is 0 Å². The summed E-state index contributed by atoms with van der Waals surface area (Å²) in [6, 6.07) is 0. The quantitative estimate of drug-likeness (QED) is 0.554. The molecule has 3 heteroatoms. The lowest BCUT2D eigenvalue weighted by atomic mass is 10.1. The highest BCUT2D eigenvalue weighted by Gasteiger charge is 2.09. The van der Waals surface area contributed by atoms with Gasteiger partial charge in [-0.1, -0.05) is 6.58 Å². The molecule has 0 atom stereocenters. The van der Waals surface area contributed by atoms with Gasteiger partial charge in [0, 0.05) is 13.0 Å². The van der Waals surface area contributed by atoms with E-state index in [1.807, 2.05) is 0 Å². The fraction of sp³-hybridized carbons (Fsp3) is 0.429. The van der Waals surface area contributed by atoms with Gasteiger partial charge in [0.05, 0.1) is 5.70 Å². The van der Waals surface area contributed by atoms with Gasteiger partial charge in [-0.15, -0.1) is 0 Å². The van der Waals surface area contributed by atoms with Gasteiger partial charge >= 0.3 is 0 Å². The molecule has 0 radical (unpaired) electrons. The third-order valence-electron chi connectivity index (χ3n) is 1.54. The summed E-state index contributed by atoms with van der Waals surface area (Å²) in [7, 11) is 0. The molecule has 0 bridgehead atoms. The second-order valence-corrected chi connectivity index (χ2v) is 2.19. The molecule has 3 nitrogen and oxygen atoms in total. The SMILES string of the molecule is C=CC1=C(ON)CCCN1. The summed E-state index contributed by atoms with van der Waals surface area (Å²) in [6.45, 7) is 4.61. The predicted molar refractivity (Wildman–Crippen MR) is 39.7 cm³/mol. The number of nitrogens with one attached hydrogen (secondary N) is 1. The molecule has 0 unspecified atom stereocenters. The molecule has 10 heavy (non-hydrogen) atoms. The summed E-state index contributed by atoms with van der Waals surface area (Å²) in [4.78, 5) is 4.64. The van der Waals surface area contributed by atoms with Gasteiger partial charge in [0.15, 0.2) is 0 Å². The van der Waals surface area contributed by atoms with E-state index < -0.39 is 0 Å². The second-order valence-electron chi connectivity index (χ2n) is 2.19. The van der Waals surface area contributed by atoms with E-state index in [1.54, 1.807) is 6.08 Å². The summed E-state index contributed by atoms with van der Waals surface area (Å²) >= 11 is 0. The van der Waals surface area contributed by atoms with Crippen molar-refractivity contribution >= 4 is 0 Å². The largest absolute Gasteiger partial charge is 0.414 e. The van der Waals surface area contributed by atoms with Gasteiger partial charge in [0.2, 0.25) is 0 Å². The summed E-state index contributed by atoms with van der Waals surface area (Å²) in [6.07, 6.45) is 3.70. The second kappa shape index (κ2) is 3.27. The van der Waals surface area contributed by atoms with Gasteiger partial charge in [0.1, 0.15) is 5.76 Å². The Bertz CT molecular complexity index is 163. The molecule has 1 aliphatic heterocycles.